The summed E-state index contributed by atoms with van der Waals surface area (Å²) >= 11 is 1.83. The van der Waals surface area contributed by atoms with E-state index in [2.05, 4.69) is 162 Å². The molecule has 0 spiro atoms. The summed E-state index contributed by atoms with van der Waals surface area (Å²) in [4.78, 5) is 16.4. The van der Waals surface area contributed by atoms with E-state index in [0.29, 0.717) is 17.6 Å². The molecule has 7 heteroatoms. The van der Waals surface area contributed by atoms with E-state index in [-0.39, 0.29) is 0 Å². The lowest BCUT2D eigenvalue weighted by atomic mass is 9.95. The van der Waals surface area contributed by atoms with Crippen LogP contribution in [0.15, 0.2) is 203 Å². The number of benzene rings is 10. The van der Waals surface area contributed by atoms with Gasteiger partial charge in [0.05, 0.1) is 11.0 Å². The molecule has 0 unspecified atom stereocenters. The Kier molecular flexibility index (Phi) is 7.28. The molecule has 10 aromatic carbocycles. The van der Waals surface area contributed by atoms with E-state index < -0.39 is 0 Å². The van der Waals surface area contributed by atoms with Crippen molar-refractivity contribution >= 4 is 119 Å². The number of hydrogen-bond acceptors (Lipinski definition) is 6. The van der Waals surface area contributed by atoms with Crippen LogP contribution in [0.1, 0.15) is 0 Å². The monoisotopic (exact) mass is 860 g/mol. The van der Waals surface area contributed by atoms with E-state index in [4.69, 9.17) is 23.8 Å². The van der Waals surface area contributed by atoms with Crippen molar-refractivity contribution in [2.24, 2.45) is 0 Å². The van der Waals surface area contributed by atoms with Crippen LogP contribution in [0, 0.1) is 0 Å². The molecular formula is C59H32N4O2S. The third-order valence-corrected chi connectivity index (χ3v) is 14.6. The van der Waals surface area contributed by atoms with Gasteiger partial charge in [-0.05, 0) is 70.3 Å². The van der Waals surface area contributed by atoms with Crippen LogP contribution in [0.4, 0.5) is 0 Å². The highest BCUT2D eigenvalue weighted by molar-refractivity contribution is 7.26. The highest BCUT2D eigenvalue weighted by atomic mass is 32.1. The summed E-state index contributed by atoms with van der Waals surface area (Å²) in [6.45, 7) is 0. The molecule has 0 aliphatic carbocycles. The Hall–Kier alpha value is -8.65. The van der Waals surface area contributed by atoms with E-state index in [1.807, 2.05) is 47.7 Å². The molecule has 0 aliphatic heterocycles. The molecule has 5 heterocycles. The van der Waals surface area contributed by atoms with Crippen LogP contribution in [-0.4, -0.2) is 19.5 Å². The minimum Gasteiger partial charge on any atom is -0.456 e. The predicted molar refractivity (Wildman–Crippen MR) is 273 cm³/mol. The number of para-hydroxylation sites is 3. The van der Waals surface area contributed by atoms with Gasteiger partial charge < -0.3 is 8.83 Å². The zero-order valence-corrected chi connectivity index (χ0v) is 35.8. The maximum Gasteiger partial charge on any atom is 0.238 e. The zero-order valence-electron chi connectivity index (χ0n) is 35.0. The zero-order chi connectivity index (χ0) is 43.0. The molecule has 0 saturated heterocycles. The molecular weight excluding hydrogens is 829 g/mol. The Bertz CT molecular complexity index is 4420. The van der Waals surface area contributed by atoms with Gasteiger partial charge >= 0.3 is 0 Å². The molecule has 0 fully saturated rings. The SMILES string of the molecule is c1ccc2c(c1)oc1cc(-c3nc(-c4ccc5c(c4)oc4ccccc45)nc(-n4c5c(-c6cccc7sc8ccccc8c67)cccc5c5c6ccccc6c6ccccc6c54)n3)ccc12. The third kappa shape index (κ3) is 5.03. The van der Waals surface area contributed by atoms with Gasteiger partial charge in [-0.15, -0.1) is 11.3 Å². The molecule has 0 atom stereocenters. The highest BCUT2D eigenvalue weighted by Gasteiger charge is 2.26. The predicted octanol–water partition coefficient (Wildman–Crippen LogP) is 16.4. The number of hydrogen-bond donors (Lipinski definition) is 0. The number of rotatable bonds is 4. The Morgan fingerprint density at radius 1 is 0.333 bits per heavy atom. The van der Waals surface area contributed by atoms with Crippen molar-refractivity contribution in [2.45, 2.75) is 0 Å². The first-order chi connectivity index (χ1) is 32.7. The van der Waals surface area contributed by atoms with Gasteiger partial charge in [-0.1, -0.05) is 146 Å². The Morgan fingerprint density at radius 2 is 0.833 bits per heavy atom. The smallest absolute Gasteiger partial charge is 0.238 e. The summed E-state index contributed by atoms with van der Waals surface area (Å²) in [7, 11) is 0. The fraction of sp³-hybridized carbons (Fsp3) is 0. The summed E-state index contributed by atoms with van der Waals surface area (Å²) in [5, 5.41) is 13.6. The molecule has 0 aliphatic rings. The molecule has 306 valence electrons. The van der Waals surface area contributed by atoms with Crippen LogP contribution < -0.4 is 0 Å². The second-order valence-electron chi connectivity index (χ2n) is 17.0. The van der Waals surface area contributed by atoms with E-state index in [1.54, 1.807) is 0 Å². The maximum absolute atomic E-state index is 6.45. The molecule has 66 heavy (non-hydrogen) atoms. The first-order valence-corrected chi connectivity index (χ1v) is 22.9. The fourth-order valence-electron chi connectivity index (χ4n) is 10.6. The van der Waals surface area contributed by atoms with Crippen LogP contribution in [0.3, 0.4) is 0 Å². The molecule has 0 radical (unpaired) electrons. The number of thiophene rings is 1. The van der Waals surface area contributed by atoms with Crippen molar-refractivity contribution in [1.82, 2.24) is 19.5 Å². The number of aromatic nitrogens is 4. The third-order valence-electron chi connectivity index (χ3n) is 13.4. The molecule has 0 saturated carbocycles. The highest BCUT2D eigenvalue weighted by Crippen LogP contribution is 2.48. The quantitative estimate of drug-likeness (QED) is 0.165. The minimum atomic E-state index is 0.514. The van der Waals surface area contributed by atoms with Crippen LogP contribution in [0.2, 0.25) is 0 Å². The minimum absolute atomic E-state index is 0.514. The average molecular weight is 861 g/mol. The topological polar surface area (TPSA) is 69.9 Å². The van der Waals surface area contributed by atoms with Gasteiger partial charge in [0.15, 0.2) is 11.6 Å². The Labute approximate surface area is 379 Å². The first-order valence-electron chi connectivity index (χ1n) is 22.1. The number of furan rings is 2. The van der Waals surface area contributed by atoms with Crippen LogP contribution in [-0.2, 0) is 0 Å². The molecule has 6 nitrogen and oxygen atoms in total. The standard InChI is InChI=1S/C59H32N4O2S/c1-3-17-41-35(13-1)36-14-2-4-18-43(36)56-54(41)46-22-11-21-44(42-20-12-26-52-53(42)45-19-7-10-25-51(45)66-52)55(46)63(56)59-61-57(33-27-29-39-37-15-5-8-23-47(37)64-49(39)31-33)60-58(62-59)34-28-30-40-38-16-6-9-24-48(38)65-50(40)32-34/h1-32H. The second kappa shape index (κ2) is 13.4. The van der Waals surface area contributed by atoms with Crippen molar-refractivity contribution < 1.29 is 8.83 Å². The molecule has 0 bridgehead atoms. The van der Waals surface area contributed by atoms with Gasteiger partial charge in [-0.2, -0.15) is 9.97 Å². The molecule has 15 rings (SSSR count). The summed E-state index contributed by atoms with van der Waals surface area (Å²) in [6.07, 6.45) is 0. The van der Waals surface area contributed by atoms with Gasteiger partial charge in [0, 0.05) is 74.6 Å². The maximum atomic E-state index is 6.45. The van der Waals surface area contributed by atoms with Crippen LogP contribution in [0.25, 0.3) is 147 Å². The van der Waals surface area contributed by atoms with Crippen molar-refractivity contribution in [3.05, 3.63) is 194 Å². The second-order valence-corrected chi connectivity index (χ2v) is 18.1. The lowest BCUT2D eigenvalue weighted by Crippen LogP contribution is -2.07. The van der Waals surface area contributed by atoms with E-state index in [0.717, 1.165) is 98.7 Å². The van der Waals surface area contributed by atoms with Gasteiger partial charge in [-0.3, -0.25) is 4.57 Å². The summed E-state index contributed by atoms with van der Waals surface area (Å²) in [6, 6.07) is 68.5. The average Bonchev–Trinajstić information content (AvgIpc) is 4.15. The molecule has 0 amide bonds. The molecule has 0 N–H and O–H groups in total. The van der Waals surface area contributed by atoms with E-state index >= 15 is 0 Å². The molecule has 15 aromatic rings. The van der Waals surface area contributed by atoms with Crippen molar-refractivity contribution in [2.75, 3.05) is 0 Å². The number of fused-ring (bicyclic) bond motifs is 17. The normalized spacial score (nSPS) is 12.2. The van der Waals surface area contributed by atoms with Crippen molar-refractivity contribution in [3.8, 4) is 39.9 Å². The Morgan fingerprint density at radius 3 is 1.52 bits per heavy atom. The van der Waals surface area contributed by atoms with Gasteiger partial charge in [-0.25, -0.2) is 4.98 Å². The van der Waals surface area contributed by atoms with E-state index in [9.17, 15) is 0 Å². The number of nitrogens with zero attached hydrogens (tertiary/aromatic N) is 4. The van der Waals surface area contributed by atoms with Crippen molar-refractivity contribution in [1.29, 1.82) is 0 Å². The largest absolute Gasteiger partial charge is 0.456 e. The summed E-state index contributed by atoms with van der Waals surface area (Å²) in [5.74, 6) is 1.58. The van der Waals surface area contributed by atoms with Gasteiger partial charge in [0.1, 0.15) is 22.3 Å². The summed E-state index contributed by atoms with van der Waals surface area (Å²) in [5.41, 5.74) is 9.19. The fourth-order valence-corrected chi connectivity index (χ4v) is 11.7. The Balaban J connectivity index is 1.10. The van der Waals surface area contributed by atoms with Crippen molar-refractivity contribution in [3.63, 3.8) is 0 Å². The van der Waals surface area contributed by atoms with Crippen LogP contribution >= 0.6 is 11.3 Å². The van der Waals surface area contributed by atoms with Gasteiger partial charge in [0.25, 0.3) is 0 Å². The van der Waals surface area contributed by atoms with Crippen LogP contribution in [0.5, 0.6) is 0 Å². The lowest BCUT2D eigenvalue weighted by Gasteiger charge is -2.15. The van der Waals surface area contributed by atoms with Gasteiger partial charge in [0.2, 0.25) is 5.95 Å². The summed E-state index contributed by atoms with van der Waals surface area (Å²) < 4.78 is 17.7. The first kappa shape index (κ1) is 35.8. The lowest BCUT2D eigenvalue weighted by molar-refractivity contribution is 0.668. The van der Waals surface area contributed by atoms with E-state index in [1.165, 1.54) is 30.9 Å². The molecule has 5 aromatic heterocycles.